The highest BCUT2D eigenvalue weighted by Gasteiger charge is 2.20. The summed E-state index contributed by atoms with van der Waals surface area (Å²) in [6.45, 7) is 1.96. The molecule has 1 amide bonds. The summed E-state index contributed by atoms with van der Waals surface area (Å²) >= 11 is 0. The maximum Gasteiger partial charge on any atom is 0.273 e. The van der Waals surface area contributed by atoms with Gasteiger partial charge in [0.2, 0.25) is 0 Å². The van der Waals surface area contributed by atoms with Crippen molar-refractivity contribution in [3.63, 3.8) is 0 Å². The zero-order valence-corrected chi connectivity index (χ0v) is 15.4. The lowest BCUT2D eigenvalue weighted by Gasteiger charge is -2.25. The molecule has 2 aromatic rings. The molecule has 26 heavy (non-hydrogen) atoms. The molecule has 2 rings (SSSR count). The second kappa shape index (κ2) is 8.44. The number of hydrogen-bond acceptors (Lipinski definition) is 5. The average Bonchev–Trinajstić information content (AvgIpc) is 2.61. The van der Waals surface area contributed by atoms with Gasteiger partial charge in [-0.25, -0.2) is 0 Å². The Morgan fingerprint density at radius 2 is 1.88 bits per heavy atom. The summed E-state index contributed by atoms with van der Waals surface area (Å²) in [6.07, 6.45) is 0. The minimum absolute atomic E-state index is 0.0381. The Labute approximate surface area is 152 Å². The van der Waals surface area contributed by atoms with Crippen LogP contribution in [-0.4, -0.2) is 43.5 Å². The second-order valence-electron chi connectivity index (χ2n) is 6.17. The normalized spacial score (nSPS) is 11.9. The van der Waals surface area contributed by atoms with Crippen LogP contribution in [0.25, 0.3) is 0 Å². The summed E-state index contributed by atoms with van der Waals surface area (Å²) < 4.78 is 5.17. The number of nitro benzene ring substituents is 1. The molecule has 0 aliphatic heterocycles. The van der Waals surface area contributed by atoms with Crippen molar-refractivity contribution < 1.29 is 14.5 Å². The van der Waals surface area contributed by atoms with Crippen molar-refractivity contribution in [2.24, 2.45) is 0 Å². The fourth-order valence-corrected chi connectivity index (χ4v) is 2.78. The third-order valence-corrected chi connectivity index (χ3v) is 4.33. The van der Waals surface area contributed by atoms with Gasteiger partial charge in [0.15, 0.2) is 0 Å². The standard InChI is InChI=1S/C19H23N3O4/c1-13-16(6-5-7-17(13)22(24)25)19(23)20-12-18(21(2)3)14-8-10-15(26-4)11-9-14/h5-11,18H,12H2,1-4H3,(H,20,23). The van der Waals surface area contributed by atoms with Gasteiger partial charge >= 0.3 is 0 Å². The molecule has 7 nitrogen and oxygen atoms in total. The highest BCUT2D eigenvalue weighted by atomic mass is 16.6. The molecule has 0 saturated heterocycles. The molecule has 0 heterocycles. The van der Waals surface area contributed by atoms with Gasteiger partial charge < -0.3 is 15.0 Å². The first kappa shape index (κ1) is 19.4. The summed E-state index contributed by atoms with van der Waals surface area (Å²) in [5, 5.41) is 13.9. The van der Waals surface area contributed by atoms with E-state index in [9.17, 15) is 14.9 Å². The second-order valence-corrected chi connectivity index (χ2v) is 6.17. The van der Waals surface area contributed by atoms with Gasteiger partial charge in [0.05, 0.1) is 18.1 Å². The largest absolute Gasteiger partial charge is 0.497 e. The Morgan fingerprint density at radius 3 is 2.42 bits per heavy atom. The van der Waals surface area contributed by atoms with Crippen LogP contribution in [0.3, 0.4) is 0 Å². The number of carbonyl (C=O) groups excluding carboxylic acids is 1. The highest BCUT2D eigenvalue weighted by molar-refractivity contribution is 5.96. The summed E-state index contributed by atoms with van der Waals surface area (Å²) in [5.74, 6) is 0.439. The number of carbonyl (C=O) groups is 1. The predicted molar refractivity (Wildman–Crippen MR) is 99.6 cm³/mol. The topological polar surface area (TPSA) is 84.7 Å². The molecule has 0 spiro atoms. The number of amides is 1. The first-order chi connectivity index (χ1) is 12.3. The lowest BCUT2D eigenvalue weighted by molar-refractivity contribution is -0.385. The van der Waals surface area contributed by atoms with E-state index in [2.05, 4.69) is 5.32 Å². The monoisotopic (exact) mass is 357 g/mol. The molecule has 0 aliphatic carbocycles. The van der Waals surface area contributed by atoms with Crippen LogP contribution in [-0.2, 0) is 0 Å². The molecular weight excluding hydrogens is 334 g/mol. The van der Waals surface area contributed by atoms with E-state index in [4.69, 9.17) is 4.74 Å². The van der Waals surface area contributed by atoms with E-state index in [-0.39, 0.29) is 17.6 Å². The van der Waals surface area contributed by atoms with Gasteiger partial charge in [-0.3, -0.25) is 14.9 Å². The van der Waals surface area contributed by atoms with Crippen molar-refractivity contribution in [1.29, 1.82) is 0 Å². The third kappa shape index (κ3) is 4.37. The number of benzene rings is 2. The SMILES string of the molecule is COc1ccc(C(CNC(=O)c2cccc([N+](=O)[O-])c2C)N(C)C)cc1. The van der Waals surface area contributed by atoms with Crippen LogP contribution >= 0.6 is 0 Å². The van der Waals surface area contributed by atoms with Crippen LogP contribution < -0.4 is 10.1 Å². The van der Waals surface area contributed by atoms with Gasteiger partial charge in [-0.15, -0.1) is 0 Å². The Kier molecular flexibility index (Phi) is 6.30. The van der Waals surface area contributed by atoms with E-state index in [1.807, 2.05) is 43.3 Å². The molecule has 7 heteroatoms. The molecule has 0 bridgehead atoms. The molecule has 0 radical (unpaired) electrons. The van der Waals surface area contributed by atoms with E-state index in [1.165, 1.54) is 12.1 Å². The Balaban J connectivity index is 2.15. The predicted octanol–water partition coefficient (Wildman–Crippen LogP) is 2.94. The van der Waals surface area contributed by atoms with E-state index >= 15 is 0 Å². The van der Waals surface area contributed by atoms with Crippen LogP contribution in [0.15, 0.2) is 42.5 Å². The minimum atomic E-state index is -0.480. The Bertz CT molecular complexity index is 788. The van der Waals surface area contributed by atoms with Gasteiger partial charge in [-0.2, -0.15) is 0 Å². The molecular formula is C19H23N3O4. The van der Waals surface area contributed by atoms with Crippen molar-refractivity contribution in [2.45, 2.75) is 13.0 Å². The zero-order valence-electron chi connectivity index (χ0n) is 15.4. The van der Waals surface area contributed by atoms with Crippen molar-refractivity contribution >= 4 is 11.6 Å². The molecule has 0 saturated carbocycles. The maximum atomic E-state index is 12.5. The number of methoxy groups -OCH3 is 1. The number of nitrogens with one attached hydrogen (secondary N) is 1. The number of nitro groups is 1. The molecule has 2 aromatic carbocycles. The van der Waals surface area contributed by atoms with E-state index in [0.29, 0.717) is 17.7 Å². The Hall–Kier alpha value is -2.93. The number of rotatable bonds is 7. The van der Waals surface area contributed by atoms with Crippen LogP contribution in [0.2, 0.25) is 0 Å². The van der Waals surface area contributed by atoms with Crippen LogP contribution in [0.5, 0.6) is 5.75 Å². The van der Waals surface area contributed by atoms with E-state index < -0.39 is 4.92 Å². The molecule has 138 valence electrons. The van der Waals surface area contributed by atoms with Crippen LogP contribution in [0, 0.1) is 17.0 Å². The fraction of sp³-hybridized carbons (Fsp3) is 0.316. The van der Waals surface area contributed by atoms with Crippen molar-refractivity contribution in [1.82, 2.24) is 10.2 Å². The van der Waals surface area contributed by atoms with E-state index in [1.54, 1.807) is 20.1 Å². The van der Waals surface area contributed by atoms with Gasteiger partial charge in [-0.1, -0.05) is 18.2 Å². The molecule has 0 aliphatic rings. The van der Waals surface area contributed by atoms with E-state index in [0.717, 1.165) is 11.3 Å². The van der Waals surface area contributed by atoms with Crippen LogP contribution in [0.4, 0.5) is 5.69 Å². The van der Waals surface area contributed by atoms with Crippen molar-refractivity contribution in [3.8, 4) is 5.75 Å². The summed E-state index contributed by atoms with van der Waals surface area (Å²) in [7, 11) is 5.47. The third-order valence-electron chi connectivity index (χ3n) is 4.33. The fourth-order valence-electron chi connectivity index (χ4n) is 2.78. The molecule has 0 fully saturated rings. The van der Waals surface area contributed by atoms with Gasteiger partial charge in [-0.05, 0) is 44.8 Å². The molecule has 1 unspecified atom stereocenters. The number of hydrogen-bond donors (Lipinski definition) is 1. The van der Waals surface area contributed by atoms with Crippen LogP contribution in [0.1, 0.15) is 27.5 Å². The lowest BCUT2D eigenvalue weighted by Crippen LogP contribution is -2.34. The van der Waals surface area contributed by atoms with Gasteiger partial charge in [0.1, 0.15) is 5.75 Å². The summed E-state index contributed by atoms with van der Waals surface area (Å²) in [4.78, 5) is 25.1. The molecule has 1 N–H and O–H groups in total. The average molecular weight is 357 g/mol. The number of nitrogens with zero attached hydrogens (tertiary/aromatic N) is 2. The molecule has 1 atom stereocenters. The lowest BCUT2D eigenvalue weighted by atomic mass is 10.0. The molecule has 0 aromatic heterocycles. The van der Waals surface area contributed by atoms with Gasteiger partial charge in [0.25, 0.3) is 11.6 Å². The quantitative estimate of drug-likeness (QED) is 0.608. The minimum Gasteiger partial charge on any atom is -0.497 e. The number of likely N-dealkylation sites (N-methyl/N-ethyl adjacent to an activating group) is 1. The summed E-state index contributed by atoms with van der Waals surface area (Å²) in [5.41, 5.74) is 1.65. The smallest absolute Gasteiger partial charge is 0.273 e. The number of ether oxygens (including phenoxy) is 1. The maximum absolute atomic E-state index is 12.5. The van der Waals surface area contributed by atoms with Crippen molar-refractivity contribution in [2.75, 3.05) is 27.7 Å². The zero-order chi connectivity index (χ0) is 19.3. The summed E-state index contributed by atoms with van der Waals surface area (Å²) in [6, 6.07) is 12.1. The van der Waals surface area contributed by atoms with Crippen molar-refractivity contribution in [3.05, 3.63) is 69.3 Å². The van der Waals surface area contributed by atoms with Gasteiger partial charge in [0, 0.05) is 23.7 Å². The first-order valence-corrected chi connectivity index (χ1v) is 8.17. The first-order valence-electron chi connectivity index (χ1n) is 8.17. The highest BCUT2D eigenvalue weighted by Crippen LogP contribution is 2.23. The Morgan fingerprint density at radius 1 is 1.23 bits per heavy atom.